The molecule has 6 nitrogen and oxygen atoms in total. The van der Waals surface area contributed by atoms with Crippen LogP contribution in [0.4, 0.5) is 0 Å². The molecule has 6 heteroatoms. The molecule has 2 atom stereocenters. The van der Waals surface area contributed by atoms with Gasteiger partial charge in [-0.1, -0.05) is 6.07 Å². The Morgan fingerprint density at radius 1 is 1.33 bits per heavy atom. The standard InChI is InChI=1S/C15H22N2O4/c16-12(7-10-4-5-13(19)14(20)8-10)15(21)17-6-2-1-3-11(17)9-18/h4-5,8,11-12,18-20H,1-3,6-7,9,16H2/t11?,12-/m0/s1. The van der Waals surface area contributed by atoms with Crippen LogP contribution in [-0.4, -0.2) is 51.4 Å². The lowest BCUT2D eigenvalue weighted by Crippen LogP contribution is -2.52. The number of rotatable bonds is 4. The van der Waals surface area contributed by atoms with Gasteiger partial charge in [0.2, 0.25) is 5.91 Å². The number of phenolic OH excluding ortho intramolecular Hbond substituents is 2. The summed E-state index contributed by atoms with van der Waals surface area (Å²) in [4.78, 5) is 14.1. The summed E-state index contributed by atoms with van der Waals surface area (Å²) >= 11 is 0. The Balaban J connectivity index is 2.02. The number of nitrogens with two attached hydrogens (primary N) is 1. The van der Waals surface area contributed by atoms with Crippen molar-refractivity contribution in [2.45, 2.75) is 37.8 Å². The molecule has 1 amide bonds. The van der Waals surface area contributed by atoms with E-state index in [1.165, 1.54) is 12.1 Å². The Labute approximate surface area is 123 Å². The number of amides is 1. The third-order valence-corrected chi connectivity index (χ3v) is 3.93. The monoisotopic (exact) mass is 294 g/mol. The van der Waals surface area contributed by atoms with Crippen molar-refractivity contribution in [3.8, 4) is 11.5 Å². The number of piperidine rings is 1. The lowest BCUT2D eigenvalue weighted by Gasteiger charge is -2.36. The van der Waals surface area contributed by atoms with Crippen LogP contribution in [0.1, 0.15) is 24.8 Å². The first-order valence-electron chi connectivity index (χ1n) is 7.20. The Kier molecular flexibility index (Phi) is 5.03. The number of aromatic hydroxyl groups is 2. The number of likely N-dealkylation sites (tertiary alicyclic amines) is 1. The highest BCUT2D eigenvalue weighted by atomic mass is 16.3. The Morgan fingerprint density at radius 2 is 2.10 bits per heavy atom. The second-order valence-corrected chi connectivity index (χ2v) is 5.50. The van der Waals surface area contributed by atoms with Gasteiger partial charge in [-0.2, -0.15) is 0 Å². The van der Waals surface area contributed by atoms with Crippen LogP contribution in [0.2, 0.25) is 0 Å². The zero-order chi connectivity index (χ0) is 15.4. The molecule has 1 aliphatic rings. The van der Waals surface area contributed by atoms with E-state index >= 15 is 0 Å². The molecule has 1 aromatic rings. The molecule has 0 aliphatic carbocycles. The van der Waals surface area contributed by atoms with Crippen LogP contribution in [0, 0.1) is 0 Å². The van der Waals surface area contributed by atoms with Crippen molar-refractivity contribution in [3.05, 3.63) is 23.8 Å². The van der Waals surface area contributed by atoms with E-state index in [9.17, 15) is 20.1 Å². The van der Waals surface area contributed by atoms with E-state index in [1.54, 1.807) is 11.0 Å². The fraction of sp³-hybridized carbons (Fsp3) is 0.533. The summed E-state index contributed by atoms with van der Waals surface area (Å²) < 4.78 is 0. The van der Waals surface area contributed by atoms with Crippen molar-refractivity contribution in [1.82, 2.24) is 4.90 Å². The van der Waals surface area contributed by atoms with Crippen molar-refractivity contribution in [2.24, 2.45) is 5.73 Å². The molecule has 0 aromatic heterocycles. The predicted octanol–water partition coefficient (Wildman–Crippen LogP) is 0.341. The van der Waals surface area contributed by atoms with Crippen molar-refractivity contribution in [1.29, 1.82) is 0 Å². The maximum Gasteiger partial charge on any atom is 0.240 e. The van der Waals surface area contributed by atoms with Crippen LogP contribution in [0.25, 0.3) is 0 Å². The summed E-state index contributed by atoms with van der Waals surface area (Å²) in [5, 5.41) is 28.1. The van der Waals surface area contributed by atoms with Crippen LogP contribution in [-0.2, 0) is 11.2 Å². The van der Waals surface area contributed by atoms with Gasteiger partial charge >= 0.3 is 0 Å². The third kappa shape index (κ3) is 3.65. The molecule has 5 N–H and O–H groups in total. The molecule has 116 valence electrons. The van der Waals surface area contributed by atoms with Gasteiger partial charge in [0.05, 0.1) is 18.7 Å². The van der Waals surface area contributed by atoms with Gasteiger partial charge in [0.25, 0.3) is 0 Å². The lowest BCUT2D eigenvalue weighted by atomic mass is 9.99. The Hall–Kier alpha value is -1.79. The molecule has 1 aliphatic heterocycles. The van der Waals surface area contributed by atoms with E-state index in [0.717, 1.165) is 19.3 Å². The molecule has 1 fully saturated rings. The zero-order valence-electron chi connectivity index (χ0n) is 11.9. The Morgan fingerprint density at radius 3 is 2.76 bits per heavy atom. The van der Waals surface area contributed by atoms with E-state index < -0.39 is 6.04 Å². The number of benzene rings is 1. The van der Waals surface area contributed by atoms with Gasteiger partial charge in [-0.25, -0.2) is 0 Å². The number of nitrogens with zero attached hydrogens (tertiary/aromatic N) is 1. The van der Waals surface area contributed by atoms with Gasteiger partial charge in [0, 0.05) is 6.54 Å². The van der Waals surface area contributed by atoms with Gasteiger partial charge in [-0.3, -0.25) is 4.79 Å². The van der Waals surface area contributed by atoms with Crippen molar-refractivity contribution in [2.75, 3.05) is 13.2 Å². The van der Waals surface area contributed by atoms with Crippen LogP contribution >= 0.6 is 0 Å². The minimum atomic E-state index is -0.721. The van der Waals surface area contributed by atoms with Crippen molar-refractivity contribution in [3.63, 3.8) is 0 Å². The number of carbonyl (C=O) groups excluding carboxylic acids is 1. The molecular formula is C15H22N2O4. The number of carbonyl (C=O) groups is 1. The summed E-state index contributed by atoms with van der Waals surface area (Å²) in [5.74, 6) is -0.602. The summed E-state index contributed by atoms with van der Waals surface area (Å²) in [7, 11) is 0. The number of aliphatic hydroxyl groups is 1. The third-order valence-electron chi connectivity index (χ3n) is 3.93. The van der Waals surface area contributed by atoms with Gasteiger partial charge in [-0.15, -0.1) is 0 Å². The maximum absolute atomic E-state index is 12.4. The Bertz CT molecular complexity index is 506. The largest absolute Gasteiger partial charge is 0.504 e. The topological polar surface area (TPSA) is 107 Å². The predicted molar refractivity (Wildman–Crippen MR) is 77.9 cm³/mol. The van der Waals surface area contributed by atoms with E-state index in [2.05, 4.69) is 0 Å². The van der Waals surface area contributed by atoms with Crippen LogP contribution in [0.15, 0.2) is 18.2 Å². The van der Waals surface area contributed by atoms with E-state index in [0.29, 0.717) is 12.1 Å². The maximum atomic E-state index is 12.4. The molecule has 0 spiro atoms. The second kappa shape index (κ2) is 6.78. The summed E-state index contributed by atoms with van der Waals surface area (Å²) in [5.41, 5.74) is 6.65. The molecule has 0 saturated carbocycles. The van der Waals surface area contributed by atoms with Crippen molar-refractivity contribution < 1.29 is 20.1 Å². The first-order valence-corrected chi connectivity index (χ1v) is 7.20. The smallest absolute Gasteiger partial charge is 0.240 e. The van der Waals surface area contributed by atoms with Gasteiger partial charge in [0.1, 0.15) is 0 Å². The second-order valence-electron chi connectivity index (χ2n) is 5.50. The number of hydrogen-bond donors (Lipinski definition) is 4. The highest BCUT2D eigenvalue weighted by molar-refractivity contribution is 5.82. The molecule has 1 saturated heterocycles. The molecule has 1 heterocycles. The molecule has 0 radical (unpaired) electrons. The number of hydrogen-bond acceptors (Lipinski definition) is 5. The average Bonchev–Trinajstić information content (AvgIpc) is 2.50. The molecular weight excluding hydrogens is 272 g/mol. The van der Waals surface area contributed by atoms with Crippen molar-refractivity contribution >= 4 is 5.91 Å². The minimum Gasteiger partial charge on any atom is -0.504 e. The first-order chi connectivity index (χ1) is 10.0. The minimum absolute atomic E-state index is 0.0432. The van der Waals surface area contributed by atoms with Crippen LogP contribution < -0.4 is 5.73 Å². The van der Waals surface area contributed by atoms with Gasteiger partial charge in [0.15, 0.2) is 11.5 Å². The number of phenols is 2. The van der Waals surface area contributed by atoms with Gasteiger partial charge in [-0.05, 0) is 43.4 Å². The lowest BCUT2D eigenvalue weighted by molar-refractivity contribution is -0.137. The van der Waals surface area contributed by atoms with Gasteiger partial charge < -0.3 is 26.0 Å². The highest BCUT2D eigenvalue weighted by Gasteiger charge is 2.29. The fourth-order valence-electron chi connectivity index (χ4n) is 2.73. The molecule has 0 bridgehead atoms. The van der Waals surface area contributed by atoms with E-state index in [1.807, 2.05) is 0 Å². The normalized spacial score (nSPS) is 20.3. The SMILES string of the molecule is N[C@@H](Cc1ccc(O)c(O)c1)C(=O)N1CCCCC1CO. The summed E-state index contributed by atoms with van der Waals surface area (Å²) in [6.45, 7) is 0.580. The highest BCUT2D eigenvalue weighted by Crippen LogP contribution is 2.25. The van der Waals surface area contributed by atoms with E-state index in [-0.39, 0.29) is 36.5 Å². The molecule has 21 heavy (non-hydrogen) atoms. The molecule has 1 unspecified atom stereocenters. The summed E-state index contributed by atoms with van der Waals surface area (Å²) in [6, 6.07) is 3.54. The van der Waals surface area contributed by atoms with Crippen LogP contribution in [0.5, 0.6) is 11.5 Å². The molecule has 2 rings (SSSR count). The average molecular weight is 294 g/mol. The number of aliphatic hydroxyl groups excluding tert-OH is 1. The zero-order valence-corrected chi connectivity index (χ0v) is 11.9. The fourth-order valence-corrected chi connectivity index (χ4v) is 2.73. The van der Waals surface area contributed by atoms with Crippen LogP contribution in [0.3, 0.4) is 0 Å². The van der Waals surface area contributed by atoms with E-state index in [4.69, 9.17) is 5.73 Å². The molecule has 1 aromatic carbocycles. The quantitative estimate of drug-likeness (QED) is 0.599. The first kappa shape index (κ1) is 15.6. The summed E-state index contributed by atoms with van der Waals surface area (Å²) in [6.07, 6.45) is 3.02.